The van der Waals surface area contributed by atoms with Gasteiger partial charge in [-0.2, -0.15) is 4.31 Å². The van der Waals surface area contributed by atoms with Crippen LogP contribution in [0.5, 0.6) is 0 Å². The SMILES string of the molecule is CC(Cc1cccs1)N(C)S(=O)(=O)c1ccc(C(=O)O)s1. The van der Waals surface area contributed by atoms with Gasteiger partial charge >= 0.3 is 5.97 Å². The highest BCUT2D eigenvalue weighted by molar-refractivity contribution is 7.91. The van der Waals surface area contributed by atoms with Crippen molar-refractivity contribution in [3.8, 4) is 0 Å². The zero-order valence-corrected chi connectivity index (χ0v) is 14.0. The van der Waals surface area contributed by atoms with E-state index in [9.17, 15) is 13.2 Å². The Bertz CT molecular complexity index is 718. The Morgan fingerprint density at radius 1 is 1.38 bits per heavy atom. The number of hydrogen-bond acceptors (Lipinski definition) is 5. The Hall–Kier alpha value is -1.22. The number of rotatable bonds is 6. The second-order valence-corrected chi connectivity index (χ2v) is 8.92. The lowest BCUT2D eigenvalue weighted by atomic mass is 10.2. The number of aromatic carboxylic acids is 1. The van der Waals surface area contributed by atoms with E-state index in [1.165, 1.54) is 23.5 Å². The fourth-order valence-electron chi connectivity index (χ4n) is 1.80. The Morgan fingerprint density at radius 2 is 2.10 bits per heavy atom. The fourth-order valence-corrected chi connectivity index (χ4v) is 5.32. The molecule has 2 heterocycles. The summed E-state index contributed by atoms with van der Waals surface area (Å²) in [5, 5.41) is 10.8. The molecule has 0 spiro atoms. The van der Waals surface area contributed by atoms with E-state index in [1.807, 2.05) is 24.4 Å². The smallest absolute Gasteiger partial charge is 0.345 e. The molecule has 1 N–H and O–H groups in total. The standard InChI is InChI=1S/C13H15NO4S3/c1-9(8-10-4-3-7-19-10)14(2)21(17,18)12-6-5-11(20-12)13(15)16/h3-7,9H,8H2,1-2H3,(H,15,16). The first-order valence-electron chi connectivity index (χ1n) is 6.16. The number of sulfonamides is 1. The topological polar surface area (TPSA) is 74.7 Å². The van der Waals surface area contributed by atoms with E-state index in [4.69, 9.17) is 5.11 Å². The zero-order valence-electron chi connectivity index (χ0n) is 11.5. The van der Waals surface area contributed by atoms with Crippen LogP contribution in [0, 0.1) is 0 Å². The second kappa shape index (κ2) is 6.27. The maximum atomic E-state index is 12.5. The Kier molecular flexibility index (Phi) is 4.82. The van der Waals surface area contributed by atoms with Crippen molar-refractivity contribution in [1.82, 2.24) is 4.31 Å². The molecular weight excluding hydrogens is 330 g/mol. The van der Waals surface area contributed by atoms with Gasteiger partial charge in [-0.05, 0) is 36.9 Å². The molecule has 0 saturated heterocycles. The average molecular weight is 345 g/mol. The maximum absolute atomic E-state index is 12.5. The molecule has 0 fully saturated rings. The Balaban J connectivity index is 2.19. The third kappa shape index (κ3) is 3.52. The number of carboxylic acids is 1. The van der Waals surface area contributed by atoms with E-state index in [1.54, 1.807) is 11.3 Å². The van der Waals surface area contributed by atoms with Crippen LogP contribution < -0.4 is 0 Å². The van der Waals surface area contributed by atoms with Gasteiger partial charge in [0.1, 0.15) is 9.09 Å². The summed E-state index contributed by atoms with van der Waals surface area (Å²) >= 11 is 2.36. The molecule has 0 aliphatic carbocycles. The molecule has 2 rings (SSSR count). The van der Waals surface area contributed by atoms with Crippen LogP contribution >= 0.6 is 22.7 Å². The van der Waals surface area contributed by atoms with E-state index < -0.39 is 16.0 Å². The summed E-state index contributed by atoms with van der Waals surface area (Å²) in [6.07, 6.45) is 0.630. The van der Waals surface area contributed by atoms with Gasteiger partial charge in [0.05, 0.1) is 0 Å². The molecule has 0 aliphatic rings. The van der Waals surface area contributed by atoms with Crippen molar-refractivity contribution in [1.29, 1.82) is 0 Å². The molecule has 0 radical (unpaired) electrons. The third-order valence-electron chi connectivity index (χ3n) is 3.12. The summed E-state index contributed by atoms with van der Waals surface area (Å²) < 4.78 is 26.3. The number of carboxylic acid groups (broad SMARTS) is 1. The highest BCUT2D eigenvalue weighted by Gasteiger charge is 2.27. The van der Waals surface area contributed by atoms with Crippen molar-refractivity contribution in [3.63, 3.8) is 0 Å². The molecular formula is C13H15NO4S3. The van der Waals surface area contributed by atoms with Crippen molar-refractivity contribution < 1.29 is 18.3 Å². The lowest BCUT2D eigenvalue weighted by Gasteiger charge is -2.23. The largest absolute Gasteiger partial charge is 0.477 e. The van der Waals surface area contributed by atoms with Gasteiger partial charge in [-0.25, -0.2) is 13.2 Å². The third-order valence-corrected chi connectivity index (χ3v) is 7.53. The molecule has 0 bridgehead atoms. The van der Waals surface area contributed by atoms with E-state index in [0.29, 0.717) is 6.42 Å². The van der Waals surface area contributed by atoms with Crippen molar-refractivity contribution in [3.05, 3.63) is 39.4 Å². The molecule has 21 heavy (non-hydrogen) atoms. The minimum absolute atomic E-state index is 0.0212. The number of nitrogens with zero attached hydrogens (tertiary/aromatic N) is 1. The monoisotopic (exact) mass is 345 g/mol. The Labute approximate surface area is 131 Å². The van der Waals surface area contributed by atoms with Crippen molar-refractivity contribution in [2.75, 3.05) is 7.05 Å². The molecule has 5 nitrogen and oxygen atoms in total. The number of hydrogen-bond donors (Lipinski definition) is 1. The Morgan fingerprint density at radius 3 is 2.62 bits per heavy atom. The molecule has 0 aromatic carbocycles. The van der Waals surface area contributed by atoms with Crippen LogP contribution in [0.3, 0.4) is 0 Å². The van der Waals surface area contributed by atoms with Crippen LogP contribution in [-0.2, 0) is 16.4 Å². The molecule has 2 aromatic heterocycles. The first kappa shape index (κ1) is 16.2. The zero-order chi connectivity index (χ0) is 15.6. The molecule has 1 unspecified atom stereocenters. The van der Waals surface area contributed by atoms with Crippen molar-refractivity contribution in [2.45, 2.75) is 23.6 Å². The predicted octanol–water partition coefficient (Wildman–Crippen LogP) is 2.76. The summed E-state index contributed by atoms with van der Waals surface area (Å²) in [5.74, 6) is -1.12. The van der Waals surface area contributed by atoms with Crippen LogP contribution in [0.2, 0.25) is 0 Å². The van der Waals surface area contributed by atoms with E-state index >= 15 is 0 Å². The van der Waals surface area contributed by atoms with Crippen molar-refractivity contribution in [2.24, 2.45) is 0 Å². The predicted molar refractivity (Wildman–Crippen MR) is 83.7 cm³/mol. The van der Waals surface area contributed by atoms with Gasteiger partial charge in [-0.15, -0.1) is 22.7 Å². The highest BCUT2D eigenvalue weighted by atomic mass is 32.2. The van der Waals surface area contributed by atoms with Crippen molar-refractivity contribution >= 4 is 38.7 Å². The first-order valence-corrected chi connectivity index (χ1v) is 9.29. The van der Waals surface area contributed by atoms with Gasteiger partial charge in [0.15, 0.2) is 0 Å². The van der Waals surface area contributed by atoms with Gasteiger partial charge in [-0.3, -0.25) is 0 Å². The molecule has 114 valence electrons. The van der Waals surface area contributed by atoms with Gasteiger partial charge in [0, 0.05) is 18.0 Å². The number of carbonyl (C=O) groups is 1. The lowest BCUT2D eigenvalue weighted by molar-refractivity contribution is 0.0702. The highest BCUT2D eigenvalue weighted by Crippen LogP contribution is 2.26. The van der Waals surface area contributed by atoms with Crippen LogP contribution in [0.1, 0.15) is 21.5 Å². The summed E-state index contributed by atoms with van der Waals surface area (Å²) in [7, 11) is -2.14. The molecule has 0 aliphatic heterocycles. The minimum Gasteiger partial charge on any atom is -0.477 e. The van der Waals surface area contributed by atoms with Crippen LogP contribution in [0.4, 0.5) is 0 Å². The molecule has 2 aromatic rings. The lowest BCUT2D eigenvalue weighted by Crippen LogP contribution is -2.35. The maximum Gasteiger partial charge on any atom is 0.345 e. The summed E-state index contributed by atoms with van der Waals surface area (Å²) in [6, 6.07) is 6.36. The molecule has 0 amide bonds. The molecule has 1 atom stereocenters. The van der Waals surface area contributed by atoms with Crippen LogP contribution in [0.15, 0.2) is 33.9 Å². The quantitative estimate of drug-likeness (QED) is 0.873. The normalized spacial score (nSPS) is 13.5. The summed E-state index contributed by atoms with van der Waals surface area (Å²) in [6.45, 7) is 1.84. The van der Waals surface area contributed by atoms with Gasteiger partial charge < -0.3 is 5.11 Å². The summed E-state index contributed by atoms with van der Waals surface area (Å²) in [4.78, 5) is 12.0. The minimum atomic E-state index is -3.66. The van der Waals surface area contributed by atoms with E-state index in [0.717, 1.165) is 16.2 Å². The second-order valence-electron chi connectivity index (χ2n) is 4.58. The van der Waals surface area contributed by atoms with E-state index in [2.05, 4.69) is 0 Å². The summed E-state index contributed by atoms with van der Waals surface area (Å²) in [5.41, 5.74) is 0. The number of likely N-dealkylation sites (N-methyl/N-ethyl adjacent to an activating group) is 1. The van der Waals surface area contributed by atoms with Gasteiger partial charge in [0.2, 0.25) is 0 Å². The fraction of sp³-hybridized carbons (Fsp3) is 0.308. The molecule has 8 heteroatoms. The van der Waals surface area contributed by atoms with Crippen LogP contribution in [-0.4, -0.2) is 36.9 Å². The number of thiophene rings is 2. The van der Waals surface area contributed by atoms with Gasteiger partial charge in [0.25, 0.3) is 10.0 Å². The van der Waals surface area contributed by atoms with E-state index in [-0.39, 0.29) is 15.1 Å². The van der Waals surface area contributed by atoms with Crippen LogP contribution in [0.25, 0.3) is 0 Å². The first-order chi connectivity index (χ1) is 9.82. The van der Waals surface area contributed by atoms with Gasteiger partial charge in [-0.1, -0.05) is 6.07 Å². The molecule has 0 saturated carbocycles. The average Bonchev–Trinajstić information content (AvgIpc) is 3.08.